The summed E-state index contributed by atoms with van der Waals surface area (Å²) >= 11 is 0. The third-order valence-electron chi connectivity index (χ3n) is 4.38. The Bertz CT molecular complexity index is 1040. The molecule has 12 heteroatoms. The summed E-state index contributed by atoms with van der Waals surface area (Å²) in [5.74, 6) is 0. The van der Waals surface area contributed by atoms with Gasteiger partial charge in [-0.3, -0.25) is 9.54 Å². The van der Waals surface area contributed by atoms with Gasteiger partial charge >= 0.3 is 21.7 Å². The molecule has 0 spiro atoms. The van der Waals surface area contributed by atoms with Crippen LogP contribution in [0.15, 0.2) is 36.5 Å². The van der Waals surface area contributed by atoms with Crippen LogP contribution < -0.4 is 10.2 Å². The number of piperidine rings is 1. The van der Waals surface area contributed by atoms with Gasteiger partial charge in [-0.25, -0.2) is 4.79 Å². The highest BCUT2D eigenvalue weighted by Crippen LogP contribution is 2.23. The van der Waals surface area contributed by atoms with E-state index in [1.807, 2.05) is 45.2 Å². The van der Waals surface area contributed by atoms with Gasteiger partial charge in [-0.05, 0) is 45.7 Å². The number of benzene rings is 1. The first-order valence-corrected chi connectivity index (χ1v) is 11.2. The van der Waals surface area contributed by atoms with Crippen LogP contribution in [0, 0.1) is 0 Å². The fraction of sp³-hybridized carbons (Fsp3) is 0.500. The van der Waals surface area contributed by atoms with Crippen molar-refractivity contribution in [1.82, 2.24) is 10.3 Å². The standard InChI is InChI=1S/C19H25N3O2.CHF3O3S/c1-19(2,3)24-18(23)21-15-8-6-10-22(13-15)16-11-14-7-4-5-9-17(14)20-12-16;2-1(3,4)8(5,6)7/h4-5,7,9,11-12,15H,6,8,10,13H2,1-3H3,(H,21,23);(H,5,6,7). The number of ether oxygens (including phenoxy) is 1. The van der Waals surface area contributed by atoms with Crippen LogP contribution in [0.2, 0.25) is 0 Å². The summed E-state index contributed by atoms with van der Waals surface area (Å²) in [5.41, 5.74) is -3.90. The molecular weight excluding hydrogens is 451 g/mol. The number of fused-ring (bicyclic) bond motifs is 1. The smallest absolute Gasteiger partial charge is 0.444 e. The number of carbonyl (C=O) groups excluding carboxylic acids is 1. The molecule has 0 saturated carbocycles. The van der Waals surface area contributed by atoms with Gasteiger partial charge < -0.3 is 15.0 Å². The van der Waals surface area contributed by atoms with E-state index in [9.17, 15) is 18.0 Å². The number of hydrogen-bond donors (Lipinski definition) is 2. The molecule has 0 bridgehead atoms. The zero-order chi connectivity index (χ0) is 24.2. The van der Waals surface area contributed by atoms with Crippen LogP contribution in [-0.2, 0) is 14.9 Å². The minimum Gasteiger partial charge on any atom is -0.444 e. The Morgan fingerprint density at radius 3 is 2.47 bits per heavy atom. The molecule has 32 heavy (non-hydrogen) atoms. The third kappa shape index (κ3) is 7.83. The van der Waals surface area contributed by atoms with Crippen molar-refractivity contribution in [3.8, 4) is 0 Å². The number of halogens is 3. The van der Waals surface area contributed by atoms with Crippen LogP contribution in [0.25, 0.3) is 10.9 Å². The molecule has 0 aliphatic carbocycles. The van der Waals surface area contributed by atoms with E-state index in [-0.39, 0.29) is 12.1 Å². The van der Waals surface area contributed by atoms with Gasteiger partial charge in [-0.1, -0.05) is 18.2 Å². The number of hydrogen-bond acceptors (Lipinski definition) is 6. The molecule has 1 amide bonds. The Kier molecular flexibility index (Phi) is 7.94. The number of anilines is 1. The maximum absolute atomic E-state index is 12.0. The van der Waals surface area contributed by atoms with Crippen LogP contribution >= 0.6 is 0 Å². The van der Waals surface area contributed by atoms with E-state index in [1.165, 1.54) is 0 Å². The number of carbonyl (C=O) groups is 1. The lowest BCUT2D eigenvalue weighted by Crippen LogP contribution is -2.49. The summed E-state index contributed by atoms with van der Waals surface area (Å²) in [5, 5.41) is 4.13. The topological polar surface area (TPSA) is 109 Å². The summed E-state index contributed by atoms with van der Waals surface area (Å²) in [6.07, 6.45) is 3.58. The summed E-state index contributed by atoms with van der Waals surface area (Å²) in [7, 11) is -5.84. The van der Waals surface area contributed by atoms with Crippen molar-refractivity contribution in [3.63, 3.8) is 0 Å². The van der Waals surface area contributed by atoms with Crippen LogP contribution in [0.1, 0.15) is 33.6 Å². The predicted molar refractivity (Wildman–Crippen MR) is 114 cm³/mol. The Morgan fingerprint density at radius 2 is 1.88 bits per heavy atom. The van der Waals surface area contributed by atoms with Gasteiger partial charge in [0.2, 0.25) is 0 Å². The number of para-hydroxylation sites is 1. The number of pyridine rings is 1. The molecular formula is C20H26F3N3O5S. The molecule has 1 aromatic heterocycles. The highest BCUT2D eigenvalue weighted by molar-refractivity contribution is 7.86. The SMILES string of the molecule is CC(C)(C)OC(=O)NC1CCCN(c2cnc3ccccc3c2)C1.O=S(=O)(O)C(F)(F)F. The first-order valence-electron chi connectivity index (χ1n) is 9.79. The van der Waals surface area contributed by atoms with Gasteiger partial charge in [0.1, 0.15) is 5.60 Å². The molecule has 1 unspecified atom stereocenters. The van der Waals surface area contributed by atoms with Gasteiger partial charge in [0.15, 0.2) is 0 Å². The maximum Gasteiger partial charge on any atom is 0.522 e. The Labute approximate surface area is 184 Å². The minimum absolute atomic E-state index is 0.0973. The third-order valence-corrected chi connectivity index (χ3v) is 4.96. The second kappa shape index (κ2) is 9.90. The number of nitrogens with zero attached hydrogens (tertiary/aromatic N) is 2. The second-order valence-electron chi connectivity index (χ2n) is 8.24. The Morgan fingerprint density at radius 1 is 1.25 bits per heavy atom. The molecule has 1 aliphatic rings. The first kappa shape index (κ1) is 25.7. The lowest BCUT2D eigenvalue weighted by molar-refractivity contribution is -0.0510. The van der Waals surface area contributed by atoms with Crippen molar-refractivity contribution >= 4 is 32.8 Å². The highest BCUT2D eigenvalue weighted by atomic mass is 32.2. The Balaban J connectivity index is 0.000000390. The summed E-state index contributed by atoms with van der Waals surface area (Å²) in [4.78, 5) is 18.8. The van der Waals surface area contributed by atoms with E-state index in [4.69, 9.17) is 17.7 Å². The molecule has 1 aliphatic heterocycles. The highest BCUT2D eigenvalue weighted by Gasteiger charge is 2.44. The van der Waals surface area contributed by atoms with E-state index in [0.29, 0.717) is 0 Å². The lowest BCUT2D eigenvalue weighted by atomic mass is 10.0. The van der Waals surface area contributed by atoms with Crippen molar-refractivity contribution < 1.29 is 35.7 Å². The second-order valence-corrected chi connectivity index (χ2v) is 9.65. The summed E-state index contributed by atoms with van der Waals surface area (Å²) in [6, 6.07) is 10.4. The molecule has 1 aromatic carbocycles. The molecule has 178 valence electrons. The fourth-order valence-corrected chi connectivity index (χ4v) is 3.04. The molecule has 2 N–H and O–H groups in total. The van der Waals surface area contributed by atoms with E-state index in [2.05, 4.69) is 27.3 Å². The fourth-order valence-electron chi connectivity index (χ4n) is 3.04. The monoisotopic (exact) mass is 477 g/mol. The van der Waals surface area contributed by atoms with Gasteiger partial charge in [0, 0.05) is 24.5 Å². The van der Waals surface area contributed by atoms with Crippen molar-refractivity contribution in [2.24, 2.45) is 0 Å². The molecule has 2 aromatic rings. The summed E-state index contributed by atoms with van der Waals surface area (Å²) < 4.78 is 62.9. The number of rotatable bonds is 2. The zero-order valence-electron chi connectivity index (χ0n) is 17.9. The lowest BCUT2D eigenvalue weighted by Gasteiger charge is -2.35. The zero-order valence-corrected chi connectivity index (χ0v) is 18.7. The average Bonchev–Trinajstić information content (AvgIpc) is 2.65. The van der Waals surface area contributed by atoms with E-state index in [0.717, 1.165) is 42.5 Å². The average molecular weight is 478 g/mol. The molecule has 1 atom stereocenters. The minimum atomic E-state index is -5.84. The quantitative estimate of drug-likeness (QED) is 0.495. The van der Waals surface area contributed by atoms with Crippen LogP contribution in [0.4, 0.5) is 23.7 Å². The largest absolute Gasteiger partial charge is 0.522 e. The first-order chi connectivity index (χ1) is 14.7. The van der Waals surface area contributed by atoms with Crippen molar-refractivity contribution in [2.45, 2.75) is 50.8 Å². The van der Waals surface area contributed by atoms with Gasteiger partial charge in [-0.15, -0.1) is 0 Å². The van der Waals surface area contributed by atoms with Crippen LogP contribution in [-0.4, -0.2) is 54.3 Å². The number of aromatic nitrogens is 1. The Hall–Kier alpha value is -2.60. The molecule has 1 fully saturated rings. The van der Waals surface area contributed by atoms with Crippen LogP contribution in [0.5, 0.6) is 0 Å². The van der Waals surface area contributed by atoms with Crippen LogP contribution in [0.3, 0.4) is 0 Å². The normalized spacial score (nSPS) is 17.3. The molecule has 0 radical (unpaired) electrons. The van der Waals surface area contributed by atoms with Gasteiger partial charge in [-0.2, -0.15) is 21.6 Å². The molecule has 8 nitrogen and oxygen atoms in total. The van der Waals surface area contributed by atoms with Crippen molar-refractivity contribution in [1.29, 1.82) is 0 Å². The predicted octanol–water partition coefficient (Wildman–Crippen LogP) is 4.12. The van der Waals surface area contributed by atoms with Crippen molar-refractivity contribution in [2.75, 3.05) is 18.0 Å². The van der Waals surface area contributed by atoms with Gasteiger partial charge in [0.25, 0.3) is 0 Å². The number of alkyl halides is 3. The molecule has 3 rings (SSSR count). The molecule has 2 heterocycles. The van der Waals surface area contributed by atoms with Crippen molar-refractivity contribution in [3.05, 3.63) is 36.5 Å². The summed E-state index contributed by atoms with van der Waals surface area (Å²) in [6.45, 7) is 7.38. The molecule has 1 saturated heterocycles. The van der Waals surface area contributed by atoms with E-state index in [1.54, 1.807) is 0 Å². The number of alkyl carbamates (subject to hydrolysis) is 1. The maximum atomic E-state index is 12.0. The van der Waals surface area contributed by atoms with E-state index < -0.39 is 21.2 Å². The van der Waals surface area contributed by atoms with E-state index >= 15 is 0 Å². The number of amides is 1. The van der Waals surface area contributed by atoms with Gasteiger partial charge in [0.05, 0.1) is 17.4 Å². The number of nitrogens with one attached hydrogen (secondary N) is 1.